The number of hydrogen-bond donors (Lipinski definition) is 0. The second-order valence-electron chi connectivity index (χ2n) is 18.8. The minimum Gasteiger partial charge on any atom is -0.489 e. The van der Waals surface area contributed by atoms with Gasteiger partial charge in [-0.15, -0.1) is 0 Å². The van der Waals surface area contributed by atoms with Gasteiger partial charge in [-0.2, -0.15) is 0 Å². The van der Waals surface area contributed by atoms with E-state index in [0.717, 1.165) is 102 Å². The number of rotatable bonds is 42. The van der Waals surface area contributed by atoms with E-state index in [2.05, 4.69) is 65.0 Å². The molecule has 4 nitrogen and oxygen atoms in total. The standard InChI is InChI=1S/C58H96O4S/c1-6-11-15-19-20-21-22-23-24-25-26-27-28-29-30-37-44-50(41-10-5)52-53-54(59)51(48-49-42-35-34-36-43-49)63-58(53)57(62-47-40-33-18-14-9-4)56(61-46-39-32-17-13-8-3)55(52)60-45-38-31-16-12-7-2/h34-36,42-43,48,50H,6-33,37-41,44-47H2,1-5H3. The Hall–Kier alpha value is -2.40. The molecule has 63 heavy (non-hydrogen) atoms. The zero-order valence-electron chi connectivity index (χ0n) is 41.7. The molecule has 1 aliphatic heterocycles. The Morgan fingerprint density at radius 3 is 1.29 bits per heavy atom. The third-order valence-corrected chi connectivity index (χ3v) is 14.2. The number of hydrogen-bond acceptors (Lipinski definition) is 5. The van der Waals surface area contributed by atoms with Crippen LogP contribution in [0.25, 0.3) is 6.08 Å². The Labute approximate surface area is 393 Å². The van der Waals surface area contributed by atoms with Gasteiger partial charge in [-0.3, -0.25) is 4.79 Å². The first-order chi connectivity index (χ1) is 31.1. The number of carbonyl (C=O) groups excluding carboxylic acids is 1. The van der Waals surface area contributed by atoms with Crippen molar-refractivity contribution in [3.05, 3.63) is 51.9 Å². The van der Waals surface area contributed by atoms with Gasteiger partial charge >= 0.3 is 0 Å². The van der Waals surface area contributed by atoms with E-state index in [1.807, 2.05) is 6.07 Å². The van der Waals surface area contributed by atoms with Crippen LogP contribution in [-0.2, 0) is 0 Å². The summed E-state index contributed by atoms with van der Waals surface area (Å²) in [4.78, 5) is 16.7. The van der Waals surface area contributed by atoms with Crippen LogP contribution >= 0.6 is 11.8 Å². The van der Waals surface area contributed by atoms with Crippen LogP contribution in [0.5, 0.6) is 17.2 Å². The third kappa shape index (κ3) is 22.1. The molecule has 2 aromatic rings. The number of carbonyl (C=O) groups is 1. The molecule has 1 unspecified atom stereocenters. The van der Waals surface area contributed by atoms with E-state index in [1.165, 1.54) is 161 Å². The second kappa shape index (κ2) is 36.8. The summed E-state index contributed by atoms with van der Waals surface area (Å²) < 4.78 is 20.9. The Kier molecular flexibility index (Phi) is 32.1. The van der Waals surface area contributed by atoms with E-state index >= 15 is 0 Å². The number of benzene rings is 2. The van der Waals surface area contributed by atoms with Gasteiger partial charge < -0.3 is 14.2 Å². The fourth-order valence-electron chi connectivity index (χ4n) is 9.23. The number of thioether (sulfide) groups is 1. The van der Waals surface area contributed by atoms with Crippen LogP contribution in [0.15, 0.2) is 40.1 Å². The molecule has 0 saturated carbocycles. The van der Waals surface area contributed by atoms with Gasteiger partial charge in [-0.25, -0.2) is 0 Å². The van der Waals surface area contributed by atoms with Gasteiger partial charge in [0.25, 0.3) is 0 Å². The molecular formula is C58H96O4S. The number of unbranched alkanes of at least 4 members (excludes halogenated alkanes) is 27. The summed E-state index contributed by atoms with van der Waals surface area (Å²) in [6.07, 6.45) is 44.7. The van der Waals surface area contributed by atoms with Gasteiger partial charge in [0.05, 0.1) is 29.6 Å². The molecule has 1 atom stereocenters. The lowest BCUT2D eigenvalue weighted by atomic mass is 9.83. The molecule has 0 aliphatic carbocycles. The Morgan fingerprint density at radius 2 is 0.841 bits per heavy atom. The lowest BCUT2D eigenvalue weighted by Crippen LogP contribution is -2.15. The van der Waals surface area contributed by atoms with E-state index in [0.29, 0.717) is 19.8 Å². The number of Topliss-reactive ketones (excluding diaryl/α,β-unsaturated/α-hetero) is 1. The van der Waals surface area contributed by atoms with Crippen molar-refractivity contribution < 1.29 is 19.0 Å². The maximum atomic E-state index is 15.0. The predicted octanol–water partition coefficient (Wildman–Crippen LogP) is 19.6. The molecule has 3 rings (SSSR count). The number of ether oxygens (including phenoxy) is 3. The topological polar surface area (TPSA) is 44.8 Å². The normalized spacial score (nSPS) is 13.5. The largest absolute Gasteiger partial charge is 0.489 e. The summed E-state index contributed by atoms with van der Waals surface area (Å²) in [7, 11) is 0. The highest BCUT2D eigenvalue weighted by Crippen LogP contribution is 2.58. The van der Waals surface area contributed by atoms with E-state index in [-0.39, 0.29) is 11.7 Å². The molecule has 0 radical (unpaired) electrons. The fourth-order valence-corrected chi connectivity index (χ4v) is 10.4. The number of fused-ring (bicyclic) bond motifs is 1. The summed E-state index contributed by atoms with van der Waals surface area (Å²) in [5.41, 5.74) is 2.98. The van der Waals surface area contributed by atoms with Crippen LogP contribution in [-0.4, -0.2) is 25.6 Å². The molecular weight excluding hydrogens is 793 g/mol. The van der Waals surface area contributed by atoms with Gasteiger partial charge in [-0.05, 0) is 49.7 Å². The van der Waals surface area contributed by atoms with Crippen LogP contribution in [0.4, 0.5) is 0 Å². The van der Waals surface area contributed by atoms with Crippen molar-refractivity contribution in [2.75, 3.05) is 19.8 Å². The van der Waals surface area contributed by atoms with Gasteiger partial charge in [0.15, 0.2) is 11.5 Å². The minimum atomic E-state index is 0.119. The monoisotopic (exact) mass is 889 g/mol. The molecule has 1 heterocycles. The Bertz CT molecular complexity index is 1470. The molecule has 1 aliphatic rings. The average molecular weight is 889 g/mol. The van der Waals surface area contributed by atoms with Gasteiger partial charge in [0, 0.05) is 11.1 Å². The summed E-state index contributed by atoms with van der Waals surface area (Å²) in [6, 6.07) is 10.3. The third-order valence-electron chi connectivity index (χ3n) is 13.1. The van der Waals surface area contributed by atoms with Gasteiger partial charge in [0.1, 0.15) is 0 Å². The molecule has 358 valence electrons. The van der Waals surface area contributed by atoms with Crippen LogP contribution in [0.2, 0.25) is 0 Å². The van der Waals surface area contributed by atoms with Gasteiger partial charge in [-0.1, -0.05) is 263 Å². The molecule has 0 aromatic heterocycles. The first-order valence-corrected chi connectivity index (χ1v) is 28.0. The zero-order valence-corrected chi connectivity index (χ0v) is 42.6. The lowest BCUT2D eigenvalue weighted by molar-refractivity contribution is 0.104. The quantitative estimate of drug-likeness (QED) is 0.0491. The maximum absolute atomic E-state index is 15.0. The molecule has 0 saturated heterocycles. The van der Waals surface area contributed by atoms with E-state index in [9.17, 15) is 4.79 Å². The van der Waals surface area contributed by atoms with Crippen LogP contribution in [0.3, 0.4) is 0 Å². The maximum Gasteiger partial charge on any atom is 0.205 e. The van der Waals surface area contributed by atoms with Crippen molar-refractivity contribution in [2.45, 2.75) is 264 Å². The van der Waals surface area contributed by atoms with Crippen molar-refractivity contribution in [3.8, 4) is 17.2 Å². The first kappa shape index (κ1) is 54.9. The second-order valence-corrected chi connectivity index (χ2v) is 19.9. The molecule has 0 bridgehead atoms. The number of allylic oxidation sites excluding steroid dienone is 1. The van der Waals surface area contributed by atoms with Crippen LogP contribution in [0.1, 0.15) is 280 Å². The molecule has 0 N–H and O–H groups in total. The van der Waals surface area contributed by atoms with Gasteiger partial charge in [0.2, 0.25) is 11.5 Å². The van der Waals surface area contributed by atoms with E-state index in [1.54, 1.807) is 11.8 Å². The highest BCUT2D eigenvalue weighted by molar-refractivity contribution is 8.05. The zero-order chi connectivity index (χ0) is 45.0. The highest BCUT2D eigenvalue weighted by Gasteiger charge is 2.40. The number of ketones is 1. The van der Waals surface area contributed by atoms with Crippen LogP contribution in [0, 0.1) is 0 Å². The van der Waals surface area contributed by atoms with Crippen molar-refractivity contribution in [3.63, 3.8) is 0 Å². The lowest BCUT2D eigenvalue weighted by Gasteiger charge is -2.27. The fraction of sp³-hybridized carbons (Fsp3) is 0.741. The molecule has 5 heteroatoms. The summed E-state index contributed by atoms with van der Waals surface area (Å²) in [6.45, 7) is 13.3. The summed E-state index contributed by atoms with van der Waals surface area (Å²) in [5, 5.41) is 0. The molecule has 0 fully saturated rings. The Morgan fingerprint density at radius 1 is 0.444 bits per heavy atom. The van der Waals surface area contributed by atoms with Crippen molar-refractivity contribution in [1.82, 2.24) is 0 Å². The smallest absolute Gasteiger partial charge is 0.205 e. The molecule has 0 amide bonds. The minimum absolute atomic E-state index is 0.119. The highest BCUT2D eigenvalue weighted by atomic mass is 32.2. The molecule has 2 aromatic carbocycles. The summed E-state index contributed by atoms with van der Waals surface area (Å²) >= 11 is 1.60. The van der Waals surface area contributed by atoms with Crippen molar-refractivity contribution >= 4 is 23.6 Å². The van der Waals surface area contributed by atoms with Crippen molar-refractivity contribution in [1.29, 1.82) is 0 Å². The van der Waals surface area contributed by atoms with E-state index < -0.39 is 0 Å². The Balaban J connectivity index is 1.89. The SMILES string of the molecule is CCCCCCCCCCCCCCCCCCC(CCC)c1c(OCCCCCCC)c(OCCCCCCC)c(OCCCCCCC)c2c1C(=O)C(=Cc1ccccc1)S2. The predicted molar refractivity (Wildman–Crippen MR) is 276 cm³/mol. The van der Waals surface area contributed by atoms with Crippen LogP contribution < -0.4 is 14.2 Å². The average Bonchev–Trinajstić information content (AvgIpc) is 3.61. The molecule has 0 spiro atoms. The van der Waals surface area contributed by atoms with Crippen molar-refractivity contribution in [2.24, 2.45) is 0 Å². The summed E-state index contributed by atoms with van der Waals surface area (Å²) in [5.74, 6) is 2.65. The first-order valence-electron chi connectivity index (χ1n) is 27.2. The van der Waals surface area contributed by atoms with E-state index in [4.69, 9.17) is 14.2 Å².